The minimum absolute atomic E-state index is 0.126. The lowest BCUT2D eigenvalue weighted by Gasteiger charge is -2.22. The molecule has 0 aliphatic heterocycles. The fourth-order valence-corrected chi connectivity index (χ4v) is 3.17. The molecule has 1 aromatic heterocycles. The second-order valence-corrected chi connectivity index (χ2v) is 6.97. The molecule has 0 aliphatic carbocycles. The summed E-state index contributed by atoms with van der Waals surface area (Å²) in [4.78, 5) is 28.2. The molecule has 1 heterocycles. The number of carbonyl (C=O) groups excluding carboxylic acids is 2. The molecule has 0 bridgehead atoms. The zero-order chi connectivity index (χ0) is 21.3. The molecule has 3 aromatic rings. The second-order valence-electron chi connectivity index (χ2n) is 6.56. The Labute approximate surface area is 180 Å². The molecule has 0 aliphatic rings. The van der Waals surface area contributed by atoms with Crippen LogP contribution in [0.25, 0.3) is 11.1 Å². The van der Waals surface area contributed by atoms with Crippen LogP contribution in [0.15, 0.2) is 73.1 Å². The topological polar surface area (TPSA) is 91.4 Å². The highest BCUT2D eigenvalue weighted by Crippen LogP contribution is 2.26. The fraction of sp³-hybridized carbons (Fsp3) is 0.174. The maximum atomic E-state index is 12.8. The average molecular weight is 420 g/mol. The highest BCUT2D eigenvalue weighted by molar-refractivity contribution is 7.58. The number of aliphatic carboxylic acids is 1. The predicted molar refractivity (Wildman–Crippen MR) is 114 cm³/mol. The third kappa shape index (κ3) is 5.61. The van der Waals surface area contributed by atoms with Gasteiger partial charge in [0.2, 0.25) is 0 Å². The molecule has 6 nitrogen and oxygen atoms in total. The van der Waals surface area contributed by atoms with Crippen molar-refractivity contribution in [2.75, 3.05) is 5.75 Å². The van der Waals surface area contributed by atoms with Crippen LogP contribution in [-0.2, 0) is 24.0 Å². The Morgan fingerprint density at radius 2 is 1.90 bits per heavy atom. The van der Waals surface area contributed by atoms with Gasteiger partial charge in [0, 0.05) is 11.8 Å². The van der Waals surface area contributed by atoms with Gasteiger partial charge < -0.3 is 32.6 Å². The summed E-state index contributed by atoms with van der Waals surface area (Å²) in [6.07, 6.45) is 3.42. The first-order valence-corrected chi connectivity index (χ1v) is 9.97. The molecule has 1 amide bonds. The van der Waals surface area contributed by atoms with Gasteiger partial charge in [0.1, 0.15) is 12.4 Å². The van der Waals surface area contributed by atoms with Gasteiger partial charge in [-0.1, -0.05) is 36.4 Å². The summed E-state index contributed by atoms with van der Waals surface area (Å²) in [5.41, 5.74) is 2.73. The number of nitrogens with zero attached hydrogens (tertiary/aromatic N) is 1. The van der Waals surface area contributed by atoms with Gasteiger partial charge in [-0.25, -0.2) is 0 Å². The monoisotopic (exact) mass is 420 g/mol. The maximum Gasteiger partial charge on any atom is 0.252 e. The number of hydrogen-bond donors (Lipinski definition) is 1. The smallest absolute Gasteiger partial charge is 0.252 e. The minimum Gasteiger partial charge on any atom is -0.793 e. The molecule has 0 saturated carbocycles. The van der Waals surface area contributed by atoms with Crippen LogP contribution in [0, 0.1) is 0 Å². The molecule has 30 heavy (non-hydrogen) atoms. The second kappa shape index (κ2) is 10.5. The first-order chi connectivity index (χ1) is 14.6. The van der Waals surface area contributed by atoms with Crippen molar-refractivity contribution in [1.29, 1.82) is 0 Å². The predicted octanol–water partition coefficient (Wildman–Crippen LogP) is 2.11. The van der Waals surface area contributed by atoms with E-state index in [-0.39, 0.29) is 12.2 Å². The van der Waals surface area contributed by atoms with Gasteiger partial charge in [0.15, 0.2) is 0 Å². The Kier molecular flexibility index (Phi) is 7.45. The normalized spacial score (nSPS) is 11.5. The Balaban J connectivity index is 1.88. The summed E-state index contributed by atoms with van der Waals surface area (Å²) in [7, 11) is 0. The Hall–Kier alpha value is -3.32. The highest BCUT2D eigenvalue weighted by Gasteiger charge is 2.17. The van der Waals surface area contributed by atoms with Crippen LogP contribution in [-0.4, -0.2) is 28.7 Å². The van der Waals surface area contributed by atoms with E-state index in [0.29, 0.717) is 23.5 Å². The molecule has 0 spiro atoms. The van der Waals surface area contributed by atoms with Crippen molar-refractivity contribution in [3.8, 4) is 16.9 Å². The van der Waals surface area contributed by atoms with Crippen LogP contribution in [0.3, 0.4) is 0 Å². The summed E-state index contributed by atoms with van der Waals surface area (Å²) < 4.78 is 5.75. The molecular weight excluding hydrogens is 400 g/mol. The third-order valence-corrected chi connectivity index (χ3v) is 4.69. The molecule has 7 heteroatoms. The number of rotatable bonds is 9. The average Bonchev–Trinajstić information content (AvgIpc) is 2.78. The molecule has 154 valence electrons. The molecule has 0 saturated heterocycles. The van der Waals surface area contributed by atoms with E-state index in [4.69, 9.17) is 17.4 Å². The number of hydrogen-bond acceptors (Lipinski definition) is 6. The summed E-state index contributed by atoms with van der Waals surface area (Å²) in [5.74, 6) is -1.00. The Morgan fingerprint density at radius 3 is 2.57 bits per heavy atom. The SMILES string of the molecule is O=C(N[C@H](CC[S-])C(=O)[O-])c1ccc(COc2cccnc2)cc1-c1ccccc1. The van der Waals surface area contributed by atoms with E-state index in [1.165, 1.54) is 0 Å². The number of pyridine rings is 1. The summed E-state index contributed by atoms with van der Waals surface area (Å²) >= 11 is 4.85. The molecule has 1 N–H and O–H groups in total. The minimum atomic E-state index is -1.35. The van der Waals surface area contributed by atoms with Gasteiger partial charge in [0.05, 0.1) is 18.2 Å². The molecule has 0 unspecified atom stereocenters. The molecule has 3 rings (SSSR count). The highest BCUT2D eigenvalue weighted by atomic mass is 32.1. The van der Waals surface area contributed by atoms with Crippen LogP contribution in [0.2, 0.25) is 0 Å². The molecule has 1 atom stereocenters. The quantitative estimate of drug-likeness (QED) is 0.533. The Bertz CT molecular complexity index is 997. The van der Waals surface area contributed by atoms with Crippen molar-refractivity contribution in [2.45, 2.75) is 19.1 Å². The van der Waals surface area contributed by atoms with Crippen molar-refractivity contribution < 1.29 is 19.4 Å². The van der Waals surface area contributed by atoms with Crippen LogP contribution in [0.1, 0.15) is 22.3 Å². The van der Waals surface area contributed by atoms with E-state index < -0.39 is 17.9 Å². The van der Waals surface area contributed by atoms with Gasteiger partial charge in [0.25, 0.3) is 5.91 Å². The molecule has 0 fully saturated rings. The number of nitrogens with one attached hydrogen (secondary N) is 1. The van der Waals surface area contributed by atoms with Gasteiger partial charge >= 0.3 is 0 Å². The van der Waals surface area contributed by atoms with Gasteiger partial charge in [-0.05, 0) is 47.4 Å². The number of carboxylic acids is 1. The molecular formula is C23H20N2O4S-2. The largest absolute Gasteiger partial charge is 0.793 e. The van der Waals surface area contributed by atoms with E-state index in [2.05, 4.69) is 10.3 Å². The molecule has 2 aromatic carbocycles. The fourth-order valence-electron chi connectivity index (χ4n) is 2.94. The van der Waals surface area contributed by atoms with E-state index >= 15 is 0 Å². The number of carboxylic acid groups (broad SMARTS) is 1. The third-order valence-electron chi connectivity index (χ3n) is 4.45. The summed E-state index contributed by atoms with van der Waals surface area (Å²) in [6.45, 7) is 0.297. The van der Waals surface area contributed by atoms with Crippen molar-refractivity contribution in [3.05, 3.63) is 84.2 Å². The van der Waals surface area contributed by atoms with Crippen LogP contribution >= 0.6 is 0 Å². The summed E-state index contributed by atoms with van der Waals surface area (Å²) in [5, 5.41) is 13.8. The van der Waals surface area contributed by atoms with Crippen molar-refractivity contribution in [1.82, 2.24) is 10.3 Å². The van der Waals surface area contributed by atoms with Crippen molar-refractivity contribution in [2.24, 2.45) is 0 Å². The van der Waals surface area contributed by atoms with Crippen LogP contribution < -0.4 is 15.2 Å². The number of ether oxygens (including phenoxy) is 1. The zero-order valence-electron chi connectivity index (χ0n) is 16.1. The first kappa shape index (κ1) is 21.4. The van der Waals surface area contributed by atoms with Crippen LogP contribution in [0.5, 0.6) is 5.75 Å². The lowest BCUT2D eigenvalue weighted by molar-refractivity contribution is -0.308. The lowest BCUT2D eigenvalue weighted by atomic mass is 9.96. The van der Waals surface area contributed by atoms with Gasteiger partial charge in [-0.15, -0.1) is 0 Å². The number of carbonyl (C=O) groups is 2. The van der Waals surface area contributed by atoms with Gasteiger partial charge in [-0.3, -0.25) is 9.78 Å². The number of aromatic nitrogens is 1. The number of amides is 1. The van der Waals surface area contributed by atoms with Crippen molar-refractivity contribution >= 4 is 24.5 Å². The first-order valence-electron chi connectivity index (χ1n) is 9.39. The molecule has 0 radical (unpaired) electrons. The van der Waals surface area contributed by atoms with Gasteiger partial charge in [-0.2, -0.15) is 5.75 Å². The van der Waals surface area contributed by atoms with E-state index in [9.17, 15) is 14.7 Å². The van der Waals surface area contributed by atoms with E-state index in [1.54, 1.807) is 30.6 Å². The van der Waals surface area contributed by atoms with E-state index in [0.717, 1.165) is 11.1 Å². The number of benzene rings is 2. The maximum absolute atomic E-state index is 12.8. The van der Waals surface area contributed by atoms with Crippen molar-refractivity contribution in [3.63, 3.8) is 0 Å². The lowest BCUT2D eigenvalue weighted by Crippen LogP contribution is -2.48. The van der Waals surface area contributed by atoms with E-state index in [1.807, 2.05) is 42.5 Å². The zero-order valence-corrected chi connectivity index (χ0v) is 16.9. The standard InChI is InChI=1S/C23H22N2O4S/c26-22(25-21(10-12-30)23(27)28)19-9-8-16(15-29-18-7-4-11-24-14-18)13-20(19)17-5-2-1-3-6-17/h1-9,11,13-14,21,30H,10,12,15H2,(H,25,26)(H,27,28)/p-2/t21-/m1/s1. The summed E-state index contributed by atoms with van der Waals surface area (Å²) in [6, 6.07) is 17.2. The van der Waals surface area contributed by atoms with Crippen LogP contribution in [0.4, 0.5) is 0 Å². The Morgan fingerprint density at radius 1 is 1.10 bits per heavy atom.